The fourth-order valence-electron chi connectivity index (χ4n) is 3.89. The Morgan fingerprint density at radius 2 is 0.903 bits per heavy atom. The lowest BCUT2D eigenvalue weighted by atomic mass is 10.1. The van der Waals surface area contributed by atoms with Crippen LogP contribution >= 0.6 is 0 Å². The van der Waals surface area contributed by atoms with Crippen molar-refractivity contribution in [1.82, 2.24) is 0 Å². The molecule has 0 rings (SSSR count). The second kappa shape index (κ2) is 26.9. The number of aldehydes is 1. The van der Waals surface area contributed by atoms with Gasteiger partial charge in [-0.1, -0.05) is 134 Å². The van der Waals surface area contributed by atoms with Gasteiger partial charge in [-0.05, 0) is 44.1 Å². The van der Waals surface area contributed by atoms with Gasteiger partial charge in [0.1, 0.15) is 6.29 Å². The monoisotopic (exact) mass is 430 g/mol. The molecule has 0 heterocycles. The van der Waals surface area contributed by atoms with Gasteiger partial charge in [-0.2, -0.15) is 0 Å². The van der Waals surface area contributed by atoms with E-state index in [4.69, 9.17) is 0 Å². The summed E-state index contributed by atoms with van der Waals surface area (Å²) in [4.78, 5) is 10.3. The van der Waals surface area contributed by atoms with E-state index in [9.17, 15) is 4.79 Å². The molecule has 0 saturated heterocycles. The molecule has 0 aromatic carbocycles. The first-order chi connectivity index (χ1) is 15.3. The number of hydrogen-bond acceptors (Lipinski definition) is 1. The van der Waals surface area contributed by atoms with Gasteiger partial charge >= 0.3 is 0 Å². The van der Waals surface area contributed by atoms with Crippen molar-refractivity contribution in [3.8, 4) is 0 Å². The van der Waals surface area contributed by atoms with Crippen LogP contribution in [-0.2, 0) is 4.79 Å². The van der Waals surface area contributed by atoms with Crippen molar-refractivity contribution in [2.24, 2.45) is 0 Å². The maximum absolute atomic E-state index is 10.3. The molecule has 180 valence electrons. The smallest absolute Gasteiger partial charge is 0.119 e. The number of unbranched alkanes of at least 4 members (excludes halogenated alkanes) is 18. The molecule has 0 fully saturated rings. The van der Waals surface area contributed by atoms with E-state index < -0.39 is 0 Å². The third kappa shape index (κ3) is 25.0. The number of hydrogen-bond donors (Lipinski definition) is 0. The zero-order valence-electron chi connectivity index (χ0n) is 21.2. The van der Waals surface area contributed by atoms with Crippen molar-refractivity contribution in [3.63, 3.8) is 0 Å². The molecular formula is C30H54O. The summed E-state index contributed by atoms with van der Waals surface area (Å²) in [5, 5.41) is 0. The normalized spacial score (nSPS) is 12.4. The Morgan fingerprint density at radius 3 is 1.32 bits per heavy atom. The Bertz CT molecular complexity index is 443. The molecule has 0 aromatic rings. The van der Waals surface area contributed by atoms with E-state index in [1.165, 1.54) is 128 Å². The van der Waals surface area contributed by atoms with Crippen LogP contribution in [0.15, 0.2) is 36.0 Å². The molecule has 0 saturated carbocycles. The first-order valence-corrected chi connectivity index (χ1v) is 13.8. The molecule has 0 bridgehead atoms. The van der Waals surface area contributed by atoms with E-state index in [0.717, 1.165) is 19.1 Å². The van der Waals surface area contributed by atoms with E-state index in [-0.39, 0.29) is 0 Å². The van der Waals surface area contributed by atoms with Crippen LogP contribution in [0, 0.1) is 0 Å². The Kier molecular flexibility index (Phi) is 26.0. The van der Waals surface area contributed by atoms with Crippen LogP contribution in [0.25, 0.3) is 0 Å². The summed E-state index contributed by atoms with van der Waals surface area (Å²) in [7, 11) is 0. The van der Waals surface area contributed by atoms with E-state index in [1.54, 1.807) is 0 Å². The minimum atomic E-state index is 0.738. The van der Waals surface area contributed by atoms with Gasteiger partial charge in [-0.15, -0.1) is 0 Å². The summed E-state index contributed by atoms with van der Waals surface area (Å²) in [5.41, 5.74) is 1.39. The molecule has 0 aliphatic carbocycles. The lowest BCUT2D eigenvalue weighted by Gasteiger charge is -2.01. The van der Waals surface area contributed by atoms with Gasteiger partial charge in [0.2, 0.25) is 0 Å². The molecule has 1 nitrogen and oxygen atoms in total. The van der Waals surface area contributed by atoms with Gasteiger partial charge < -0.3 is 4.79 Å². The summed E-state index contributed by atoms with van der Waals surface area (Å²) >= 11 is 0. The Labute approximate surface area is 195 Å². The quantitative estimate of drug-likeness (QED) is 0.0845. The maximum atomic E-state index is 10.3. The van der Waals surface area contributed by atoms with Crippen molar-refractivity contribution in [3.05, 3.63) is 36.0 Å². The molecule has 31 heavy (non-hydrogen) atoms. The van der Waals surface area contributed by atoms with Gasteiger partial charge in [0.05, 0.1) is 0 Å². The lowest BCUT2D eigenvalue weighted by Crippen LogP contribution is -1.82. The average molecular weight is 431 g/mol. The molecule has 0 amide bonds. The summed E-state index contributed by atoms with van der Waals surface area (Å²) in [6.45, 7) is 4.54. The molecule has 0 atom stereocenters. The maximum Gasteiger partial charge on any atom is 0.119 e. The van der Waals surface area contributed by atoms with Crippen LogP contribution in [0.2, 0.25) is 0 Å². The van der Waals surface area contributed by atoms with Crippen LogP contribution in [0.1, 0.15) is 149 Å². The SMILES string of the molecule is CCC/C=C(\C=C\CCCCCCCCC=O)/C=C/CCCCCCCCCCCC. The second-order valence-electron chi connectivity index (χ2n) is 9.13. The van der Waals surface area contributed by atoms with Crippen LogP contribution in [0.5, 0.6) is 0 Å². The first-order valence-electron chi connectivity index (χ1n) is 13.8. The van der Waals surface area contributed by atoms with Gasteiger partial charge in [0.15, 0.2) is 0 Å². The van der Waals surface area contributed by atoms with Crippen molar-refractivity contribution in [2.75, 3.05) is 0 Å². The molecule has 0 unspecified atom stereocenters. The van der Waals surface area contributed by atoms with E-state index in [1.807, 2.05) is 0 Å². The van der Waals surface area contributed by atoms with Crippen molar-refractivity contribution in [1.29, 1.82) is 0 Å². The predicted octanol–water partition coefficient (Wildman–Crippen LogP) is 10.5. The molecule has 0 aliphatic heterocycles. The third-order valence-electron chi connectivity index (χ3n) is 5.96. The van der Waals surface area contributed by atoms with Gasteiger partial charge in [0, 0.05) is 6.42 Å². The van der Waals surface area contributed by atoms with Crippen LogP contribution in [-0.4, -0.2) is 6.29 Å². The molecule has 1 heteroatoms. The fraction of sp³-hybridized carbons (Fsp3) is 0.767. The highest BCUT2D eigenvalue weighted by Gasteiger charge is 1.93. The summed E-state index contributed by atoms with van der Waals surface area (Å²) < 4.78 is 0. The zero-order valence-corrected chi connectivity index (χ0v) is 21.2. The predicted molar refractivity (Wildman–Crippen MR) is 141 cm³/mol. The highest BCUT2D eigenvalue weighted by atomic mass is 16.1. The van der Waals surface area contributed by atoms with Crippen molar-refractivity contribution in [2.45, 2.75) is 149 Å². The Hall–Kier alpha value is -1.11. The van der Waals surface area contributed by atoms with E-state index in [0.29, 0.717) is 0 Å². The van der Waals surface area contributed by atoms with Gasteiger partial charge in [-0.25, -0.2) is 0 Å². The summed E-state index contributed by atoms with van der Waals surface area (Å²) in [6, 6.07) is 0. The molecule has 0 radical (unpaired) electrons. The third-order valence-corrected chi connectivity index (χ3v) is 5.96. The number of rotatable bonds is 24. The van der Waals surface area contributed by atoms with Gasteiger partial charge in [-0.3, -0.25) is 0 Å². The second-order valence-corrected chi connectivity index (χ2v) is 9.13. The number of carbonyl (C=O) groups excluding carboxylic acids is 1. The van der Waals surface area contributed by atoms with Crippen LogP contribution < -0.4 is 0 Å². The number of allylic oxidation sites excluding steroid dienone is 6. The largest absolute Gasteiger partial charge is 0.303 e. The molecule has 0 aromatic heterocycles. The average Bonchev–Trinajstić information content (AvgIpc) is 2.78. The van der Waals surface area contributed by atoms with E-state index in [2.05, 4.69) is 44.2 Å². The molecule has 0 spiro atoms. The Balaban J connectivity index is 3.78. The Morgan fingerprint density at radius 1 is 0.484 bits per heavy atom. The topological polar surface area (TPSA) is 17.1 Å². The number of carbonyl (C=O) groups is 1. The van der Waals surface area contributed by atoms with Crippen LogP contribution in [0.3, 0.4) is 0 Å². The van der Waals surface area contributed by atoms with Gasteiger partial charge in [0.25, 0.3) is 0 Å². The molecule has 0 N–H and O–H groups in total. The fourth-order valence-corrected chi connectivity index (χ4v) is 3.89. The minimum Gasteiger partial charge on any atom is -0.303 e. The van der Waals surface area contributed by atoms with Crippen molar-refractivity contribution >= 4 is 6.29 Å². The lowest BCUT2D eigenvalue weighted by molar-refractivity contribution is -0.107. The summed E-state index contributed by atoms with van der Waals surface area (Å²) in [6.07, 6.45) is 39.9. The molecule has 0 aliphatic rings. The first kappa shape index (κ1) is 29.9. The minimum absolute atomic E-state index is 0.738. The standard InChI is InChI=1S/C30H54O/c1-3-5-7-8-9-10-11-12-14-17-20-23-27-30(26-6-4-2)28-24-21-18-15-13-16-19-22-25-29-31/h23-24,26-29H,3-22,25H2,1-2H3/b27-23+,28-24+,30-26-. The summed E-state index contributed by atoms with van der Waals surface area (Å²) in [5.74, 6) is 0. The highest BCUT2D eigenvalue weighted by Crippen LogP contribution is 2.13. The zero-order chi connectivity index (χ0) is 22.7. The highest BCUT2D eigenvalue weighted by molar-refractivity contribution is 5.48. The van der Waals surface area contributed by atoms with E-state index >= 15 is 0 Å². The molecular weight excluding hydrogens is 376 g/mol. The van der Waals surface area contributed by atoms with Crippen LogP contribution in [0.4, 0.5) is 0 Å². The van der Waals surface area contributed by atoms with Crippen molar-refractivity contribution < 1.29 is 4.79 Å².